The third kappa shape index (κ3) is 2.75. The van der Waals surface area contributed by atoms with Crippen molar-refractivity contribution in [1.82, 2.24) is 4.72 Å². The van der Waals surface area contributed by atoms with Gasteiger partial charge >= 0.3 is 5.97 Å². The number of hydrogen-bond acceptors (Lipinski definition) is 3. The normalized spacial score (nSPS) is 17.3. The van der Waals surface area contributed by atoms with Crippen molar-refractivity contribution in [3.8, 4) is 0 Å². The van der Waals surface area contributed by atoms with Crippen LogP contribution in [0.1, 0.15) is 19.3 Å². The average Bonchev–Trinajstić information content (AvgIpc) is 2.33. The van der Waals surface area contributed by atoms with Crippen LogP contribution in [0, 0.1) is 22.9 Å². The number of nitrogens with one attached hydrogen (secondary N) is 1. The van der Waals surface area contributed by atoms with Crippen LogP contribution < -0.4 is 4.72 Å². The molecule has 1 aromatic carbocycles. The Kier molecular flexibility index (Phi) is 3.98. The van der Waals surface area contributed by atoms with Crippen LogP contribution >= 0.6 is 0 Å². The number of carboxylic acid groups (broad SMARTS) is 1. The van der Waals surface area contributed by atoms with E-state index in [0.717, 1.165) is 0 Å². The van der Waals surface area contributed by atoms with Gasteiger partial charge in [0.05, 0.1) is 5.41 Å². The number of halogens is 3. The fourth-order valence-corrected chi connectivity index (χ4v) is 3.29. The van der Waals surface area contributed by atoms with Crippen LogP contribution in [0.3, 0.4) is 0 Å². The smallest absolute Gasteiger partial charge is 0.310 e. The summed E-state index contributed by atoms with van der Waals surface area (Å²) in [4.78, 5) is 10.0. The molecule has 1 aliphatic rings. The lowest BCUT2D eigenvalue weighted by Gasteiger charge is -2.37. The second kappa shape index (κ2) is 5.30. The topological polar surface area (TPSA) is 83.5 Å². The van der Waals surface area contributed by atoms with E-state index in [-0.39, 0.29) is 0 Å². The molecule has 9 heteroatoms. The number of hydrogen-bond donors (Lipinski definition) is 2. The quantitative estimate of drug-likeness (QED) is 0.807. The van der Waals surface area contributed by atoms with E-state index in [2.05, 4.69) is 0 Å². The lowest BCUT2D eigenvalue weighted by Crippen LogP contribution is -2.47. The molecule has 2 N–H and O–H groups in total. The third-order valence-electron chi connectivity index (χ3n) is 3.65. The van der Waals surface area contributed by atoms with E-state index in [1.54, 1.807) is 0 Å². The van der Waals surface area contributed by atoms with E-state index in [1.165, 1.54) is 0 Å². The standard InChI is InChI=1S/C12H12F3NO4S/c13-7-2-3-8(10(15)9(7)14)21(19,20)16-6-12(11(17)18)4-1-5-12/h2-3,16H,1,4-6H2,(H,17,18). The number of carboxylic acids is 1. The number of aliphatic carboxylic acids is 1. The molecule has 0 aromatic heterocycles. The van der Waals surface area contributed by atoms with Gasteiger partial charge < -0.3 is 5.11 Å². The van der Waals surface area contributed by atoms with Gasteiger partial charge in [-0.05, 0) is 25.0 Å². The highest BCUT2D eigenvalue weighted by atomic mass is 32.2. The summed E-state index contributed by atoms with van der Waals surface area (Å²) in [6.07, 6.45) is 1.24. The van der Waals surface area contributed by atoms with Crippen LogP contribution in [0.5, 0.6) is 0 Å². The van der Waals surface area contributed by atoms with Crippen molar-refractivity contribution in [2.24, 2.45) is 5.41 Å². The minimum atomic E-state index is -4.47. The molecule has 1 saturated carbocycles. The van der Waals surface area contributed by atoms with Crippen molar-refractivity contribution < 1.29 is 31.5 Å². The third-order valence-corrected chi connectivity index (χ3v) is 5.07. The van der Waals surface area contributed by atoms with Crippen molar-refractivity contribution in [2.45, 2.75) is 24.2 Å². The molecule has 0 spiro atoms. The molecule has 0 aliphatic heterocycles. The van der Waals surface area contributed by atoms with Crippen molar-refractivity contribution in [1.29, 1.82) is 0 Å². The first-order valence-corrected chi connectivity index (χ1v) is 7.54. The van der Waals surface area contributed by atoms with Gasteiger partial charge in [-0.3, -0.25) is 4.79 Å². The molecule has 0 bridgehead atoms. The average molecular weight is 323 g/mol. The Hall–Kier alpha value is -1.61. The SMILES string of the molecule is O=C(O)C1(CNS(=O)(=O)c2ccc(F)c(F)c2F)CCC1. The van der Waals surface area contributed by atoms with Crippen molar-refractivity contribution in [3.05, 3.63) is 29.6 Å². The zero-order valence-electron chi connectivity index (χ0n) is 10.7. The van der Waals surface area contributed by atoms with E-state index in [1.807, 2.05) is 4.72 Å². The summed E-state index contributed by atoms with van der Waals surface area (Å²) in [5.74, 6) is -6.38. The van der Waals surface area contributed by atoms with E-state index in [0.29, 0.717) is 31.4 Å². The minimum absolute atomic E-state index is 0.297. The molecule has 5 nitrogen and oxygen atoms in total. The molecule has 116 valence electrons. The van der Waals surface area contributed by atoms with Crippen LogP contribution in [-0.4, -0.2) is 26.0 Å². The summed E-state index contributed by atoms with van der Waals surface area (Å²) in [5, 5.41) is 9.07. The van der Waals surface area contributed by atoms with Gasteiger partial charge in [-0.25, -0.2) is 26.3 Å². The first-order valence-electron chi connectivity index (χ1n) is 6.06. The lowest BCUT2D eigenvalue weighted by molar-refractivity contribution is -0.153. The predicted molar refractivity (Wildman–Crippen MR) is 65.4 cm³/mol. The first kappa shape index (κ1) is 15.8. The summed E-state index contributed by atoms with van der Waals surface area (Å²) in [5.41, 5.74) is -1.22. The highest BCUT2D eigenvalue weighted by Gasteiger charge is 2.45. The van der Waals surface area contributed by atoms with E-state index in [9.17, 15) is 26.4 Å². The fraction of sp³-hybridized carbons (Fsp3) is 0.417. The molecule has 1 aromatic rings. The van der Waals surface area contributed by atoms with Crippen LogP contribution in [0.15, 0.2) is 17.0 Å². The highest BCUT2D eigenvalue weighted by molar-refractivity contribution is 7.89. The second-order valence-corrected chi connectivity index (χ2v) is 6.67. The highest BCUT2D eigenvalue weighted by Crippen LogP contribution is 2.40. The minimum Gasteiger partial charge on any atom is -0.481 e. The molecule has 0 amide bonds. The number of sulfonamides is 1. The molecule has 0 atom stereocenters. The number of rotatable bonds is 5. The summed E-state index contributed by atoms with van der Waals surface area (Å²) in [6.45, 7) is -0.427. The Morgan fingerprint density at radius 2 is 1.86 bits per heavy atom. The Labute approximate surface area is 118 Å². The molecular formula is C12H12F3NO4S. The first-order chi connectivity index (χ1) is 9.69. The lowest BCUT2D eigenvalue weighted by atomic mass is 9.69. The van der Waals surface area contributed by atoms with Gasteiger partial charge in [0.25, 0.3) is 0 Å². The van der Waals surface area contributed by atoms with E-state index in [4.69, 9.17) is 5.11 Å². The Balaban J connectivity index is 2.24. The Bertz CT molecular complexity index is 686. The summed E-state index contributed by atoms with van der Waals surface area (Å²) in [7, 11) is -4.47. The van der Waals surface area contributed by atoms with Crippen LogP contribution in [0.2, 0.25) is 0 Å². The molecule has 0 unspecified atom stereocenters. The van der Waals surface area contributed by atoms with Gasteiger partial charge in [-0.2, -0.15) is 0 Å². The van der Waals surface area contributed by atoms with Gasteiger partial charge in [0.2, 0.25) is 10.0 Å². The van der Waals surface area contributed by atoms with Crippen LogP contribution in [0.4, 0.5) is 13.2 Å². The van der Waals surface area contributed by atoms with Gasteiger partial charge in [-0.15, -0.1) is 0 Å². The van der Waals surface area contributed by atoms with Crippen molar-refractivity contribution in [3.63, 3.8) is 0 Å². The van der Waals surface area contributed by atoms with Crippen molar-refractivity contribution in [2.75, 3.05) is 6.54 Å². The summed E-state index contributed by atoms with van der Waals surface area (Å²) in [6, 6.07) is 1.08. The molecule has 0 heterocycles. The van der Waals surface area contributed by atoms with Crippen molar-refractivity contribution >= 4 is 16.0 Å². The van der Waals surface area contributed by atoms with Gasteiger partial charge in [0.1, 0.15) is 4.90 Å². The zero-order chi connectivity index (χ0) is 15.8. The largest absolute Gasteiger partial charge is 0.481 e. The van der Waals surface area contributed by atoms with Gasteiger partial charge in [0, 0.05) is 6.54 Å². The maximum absolute atomic E-state index is 13.5. The zero-order valence-corrected chi connectivity index (χ0v) is 11.5. The maximum atomic E-state index is 13.5. The van der Waals surface area contributed by atoms with E-state index < -0.39 is 50.3 Å². The maximum Gasteiger partial charge on any atom is 0.310 e. The summed E-state index contributed by atoms with van der Waals surface area (Å²) < 4.78 is 65.1. The fourth-order valence-electron chi connectivity index (χ4n) is 2.10. The monoisotopic (exact) mass is 323 g/mol. The van der Waals surface area contributed by atoms with Crippen LogP contribution in [0.25, 0.3) is 0 Å². The number of carbonyl (C=O) groups is 1. The molecule has 2 rings (SSSR count). The molecule has 0 saturated heterocycles. The van der Waals surface area contributed by atoms with Crippen LogP contribution in [-0.2, 0) is 14.8 Å². The molecule has 1 aliphatic carbocycles. The summed E-state index contributed by atoms with van der Waals surface area (Å²) >= 11 is 0. The molecule has 0 radical (unpaired) electrons. The predicted octanol–water partition coefficient (Wildman–Crippen LogP) is 1.64. The Morgan fingerprint density at radius 3 is 2.33 bits per heavy atom. The number of benzene rings is 1. The van der Waals surface area contributed by atoms with Gasteiger partial charge in [0.15, 0.2) is 17.5 Å². The second-order valence-electron chi connectivity index (χ2n) is 4.94. The molecule has 21 heavy (non-hydrogen) atoms. The van der Waals surface area contributed by atoms with E-state index >= 15 is 0 Å². The Morgan fingerprint density at radius 1 is 1.24 bits per heavy atom. The van der Waals surface area contributed by atoms with Gasteiger partial charge in [-0.1, -0.05) is 6.42 Å². The molecular weight excluding hydrogens is 311 g/mol. The molecule has 1 fully saturated rings.